The van der Waals surface area contributed by atoms with Crippen LogP contribution in [0.1, 0.15) is 60.0 Å². The van der Waals surface area contributed by atoms with Gasteiger partial charge >= 0.3 is 5.97 Å². The van der Waals surface area contributed by atoms with Crippen LogP contribution in [-0.2, 0) is 20.8 Å². The molecule has 0 atom stereocenters. The Morgan fingerprint density at radius 2 is 1.82 bits per heavy atom. The van der Waals surface area contributed by atoms with E-state index in [0.29, 0.717) is 23.3 Å². The Morgan fingerprint density at radius 1 is 1.09 bits per heavy atom. The molecule has 0 aliphatic carbocycles. The molecule has 0 unspecified atom stereocenters. The number of esters is 1. The molecule has 8 heteroatoms. The van der Waals surface area contributed by atoms with Gasteiger partial charge in [0.2, 0.25) is 0 Å². The second-order valence-electron chi connectivity index (χ2n) is 8.24. The number of piperidine rings is 1. The zero-order valence-electron chi connectivity index (χ0n) is 19.1. The molecule has 0 bridgehead atoms. The highest BCUT2D eigenvalue weighted by molar-refractivity contribution is 6.01. The van der Waals surface area contributed by atoms with Gasteiger partial charge in [0.25, 0.3) is 5.91 Å². The average molecular weight is 457 g/mol. The van der Waals surface area contributed by atoms with Crippen molar-refractivity contribution in [2.45, 2.75) is 51.9 Å². The number of phenolic OH excluding ortho intramolecular Hbond substituents is 2. The number of rotatable bonds is 3. The lowest BCUT2D eigenvalue weighted by Crippen LogP contribution is -2.37. The fraction of sp³-hybridized carbons (Fsp3) is 0.480. The van der Waals surface area contributed by atoms with Crippen LogP contribution in [0, 0.1) is 6.92 Å². The Balaban J connectivity index is 1.86. The number of hydrogen-bond acceptors (Lipinski definition) is 7. The predicted octanol–water partition coefficient (Wildman–Crippen LogP) is 3.79. The van der Waals surface area contributed by atoms with Crippen molar-refractivity contribution in [2.24, 2.45) is 5.16 Å². The Labute approximate surface area is 194 Å². The molecule has 2 N–H and O–H groups in total. The van der Waals surface area contributed by atoms with Gasteiger partial charge in [0.05, 0.1) is 12.3 Å². The topological polar surface area (TPSA) is 109 Å². The Bertz CT molecular complexity index is 945. The van der Waals surface area contributed by atoms with Gasteiger partial charge in [0.15, 0.2) is 6.61 Å². The highest BCUT2D eigenvalue weighted by Gasteiger charge is 2.23. The number of phenols is 2. The summed E-state index contributed by atoms with van der Waals surface area (Å²) in [7, 11) is 0. The number of aromatic hydroxyl groups is 2. The molecule has 0 saturated carbocycles. The molecule has 33 heavy (non-hydrogen) atoms. The molecule has 0 spiro atoms. The van der Waals surface area contributed by atoms with E-state index in [0.717, 1.165) is 51.3 Å². The molecule has 2 aliphatic rings. The van der Waals surface area contributed by atoms with Crippen LogP contribution >= 0.6 is 0 Å². The van der Waals surface area contributed by atoms with E-state index in [1.165, 1.54) is 0 Å². The fourth-order valence-corrected chi connectivity index (χ4v) is 3.90. The van der Waals surface area contributed by atoms with Crippen molar-refractivity contribution in [3.63, 3.8) is 0 Å². The number of allylic oxidation sites excluding steroid dienone is 3. The maximum atomic E-state index is 12.7. The van der Waals surface area contributed by atoms with Gasteiger partial charge in [-0.05, 0) is 62.7 Å². The molecule has 1 fully saturated rings. The maximum Gasteiger partial charge on any atom is 0.342 e. The number of amides is 1. The third-order valence-corrected chi connectivity index (χ3v) is 5.80. The van der Waals surface area contributed by atoms with Crippen LogP contribution in [0.4, 0.5) is 0 Å². The second kappa shape index (κ2) is 12.1. The van der Waals surface area contributed by atoms with Gasteiger partial charge in [-0.1, -0.05) is 23.4 Å². The van der Waals surface area contributed by atoms with Crippen molar-refractivity contribution in [3.05, 3.63) is 47.1 Å². The zero-order chi connectivity index (χ0) is 23.6. The van der Waals surface area contributed by atoms with E-state index in [-0.39, 0.29) is 42.6 Å². The quantitative estimate of drug-likeness (QED) is 0.407. The molecule has 8 nitrogen and oxygen atoms in total. The molecule has 1 amide bonds. The highest BCUT2D eigenvalue weighted by Crippen LogP contribution is 2.33. The van der Waals surface area contributed by atoms with E-state index in [9.17, 15) is 19.8 Å². The van der Waals surface area contributed by atoms with Crippen molar-refractivity contribution in [3.8, 4) is 11.5 Å². The first-order chi connectivity index (χ1) is 16.0. The standard InChI is InChI=1S/C25H32N2O6/c1-18-20-15-19(26-33-17-23(30)27-12-8-6-9-13-27)11-7-4-2-3-5-10-14-32-25(31)24(20)22(29)16-21(18)28/h3,5,7,11,16,28-29H,2,4,6,8-10,12-15,17H2,1H3/b5-3+,11-7+,26-19-. The van der Waals surface area contributed by atoms with Gasteiger partial charge in [-0.2, -0.15) is 0 Å². The monoisotopic (exact) mass is 456 g/mol. The zero-order valence-corrected chi connectivity index (χ0v) is 19.1. The van der Waals surface area contributed by atoms with Gasteiger partial charge in [-0.15, -0.1) is 0 Å². The normalized spacial score (nSPS) is 20.9. The summed E-state index contributed by atoms with van der Waals surface area (Å²) < 4.78 is 5.33. The minimum Gasteiger partial charge on any atom is -0.508 e. The summed E-state index contributed by atoms with van der Waals surface area (Å²) in [5.74, 6) is -1.26. The van der Waals surface area contributed by atoms with Gasteiger partial charge in [-0.25, -0.2) is 4.79 Å². The molecule has 2 aliphatic heterocycles. The smallest absolute Gasteiger partial charge is 0.342 e. The number of likely N-dealkylation sites (tertiary alicyclic amines) is 1. The van der Waals surface area contributed by atoms with E-state index >= 15 is 0 Å². The Morgan fingerprint density at radius 3 is 2.61 bits per heavy atom. The molecule has 1 saturated heterocycles. The molecule has 1 aromatic carbocycles. The van der Waals surface area contributed by atoms with Crippen molar-refractivity contribution in [1.29, 1.82) is 0 Å². The van der Waals surface area contributed by atoms with Crippen molar-refractivity contribution >= 4 is 17.6 Å². The van der Waals surface area contributed by atoms with Gasteiger partial charge < -0.3 is 24.7 Å². The second-order valence-corrected chi connectivity index (χ2v) is 8.24. The molecule has 0 aromatic heterocycles. The summed E-state index contributed by atoms with van der Waals surface area (Å²) >= 11 is 0. The third kappa shape index (κ3) is 6.84. The largest absolute Gasteiger partial charge is 0.508 e. The third-order valence-electron chi connectivity index (χ3n) is 5.80. The number of oxime groups is 1. The van der Waals surface area contributed by atoms with Crippen LogP contribution in [0.3, 0.4) is 0 Å². The molecule has 178 valence electrons. The Kier molecular flexibility index (Phi) is 8.92. The number of hydrogen-bond donors (Lipinski definition) is 2. The SMILES string of the molecule is Cc1c(O)cc(O)c2c1CC(=N\OCC(=O)N1CCCCC1)/C=C/CC/C=C/CCOC2=O. The molecule has 3 rings (SSSR count). The number of carbonyl (C=O) groups excluding carboxylic acids is 2. The van der Waals surface area contributed by atoms with Crippen LogP contribution in [-0.4, -0.2) is 59.0 Å². The van der Waals surface area contributed by atoms with Crippen LogP contribution in [0.5, 0.6) is 11.5 Å². The first-order valence-electron chi connectivity index (χ1n) is 11.5. The van der Waals surface area contributed by atoms with Crippen molar-refractivity contribution < 1.29 is 29.4 Å². The van der Waals surface area contributed by atoms with E-state index < -0.39 is 5.97 Å². The van der Waals surface area contributed by atoms with E-state index in [1.807, 2.05) is 18.2 Å². The maximum absolute atomic E-state index is 12.7. The number of nitrogens with zero attached hydrogens (tertiary/aromatic N) is 2. The van der Waals surface area contributed by atoms with Gasteiger partial charge in [0.1, 0.15) is 17.1 Å². The minimum absolute atomic E-state index is 0.00293. The summed E-state index contributed by atoms with van der Waals surface area (Å²) in [6, 6.07) is 1.14. The summed E-state index contributed by atoms with van der Waals surface area (Å²) in [6.45, 7) is 3.15. The van der Waals surface area contributed by atoms with Crippen LogP contribution in [0.25, 0.3) is 0 Å². The van der Waals surface area contributed by atoms with Crippen molar-refractivity contribution in [1.82, 2.24) is 4.90 Å². The summed E-state index contributed by atoms with van der Waals surface area (Å²) in [5, 5.41) is 24.8. The van der Waals surface area contributed by atoms with E-state index in [2.05, 4.69) is 5.16 Å². The molecule has 2 heterocycles. The van der Waals surface area contributed by atoms with Crippen LogP contribution in [0.2, 0.25) is 0 Å². The lowest BCUT2D eigenvalue weighted by molar-refractivity contribution is -0.137. The molecular formula is C25H32N2O6. The fourth-order valence-electron chi connectivity index (χ4n) is 3.90. The first-order valence-corrected chi connectivity index (χ1v) is 11.5. The van der Waals surface area contributed by atoms with Gasteiger partial charge in [-0.3, -0.25) is 4.79 Å². The van der Waals surface area contributed by atoms with Crippen LogP contribution in [0.15, 0.2) is 35.5 Å². The average Bonchev–Trinajstić information content (AvgIpc) is 2.80. The number of ether oxygens (including phenoxy) is 1. The summed E-state index contributed by atoms with van der Waals surface area (Å²) in [4.78, 5) is 32.3. The number of benzene rings is 1. The Hall–Kier alpha value is -3.29. The first kappa shape index (κ1) is 24.4. The summed E-state index contributed by atoms with van der Waals surface area (Å²) in [5.41, 5.74) is 1.30. The molecule has 0 radical (unpaired) electrons. The van der Waals surface area contributed by atoms with E-state index in [4.69, 9.17) is 9.57 Å². The van der Waals surface area contributed by atoms with E-state index in [1.54, 1.807) is 17.9 Å². The van der Waals surface area contributed by atoms with Crippen LogP contribution < -0.4 is 0 Å². The number of cyclic esters (lactones) is 1. The number of fused-ring (bicyclic) bond motifs is 1. The predicted molar refractivity (Wildman–Crippen MR) is 124 cm³/mol. The molecular weight excluding hydrogens is 424 g/mol. The molecule has 1 aromatic rings. The highest BCUT2D eigenvalue weighted by atomic mass is 16.6. The number of carbonyl (C=O) groups is 2. The lowest BCUT2D eigenvalue weighted by Gasteiger charge is -2.26. The summed E-state index contributed by atoms with van der Waals surface area (Å²) in [6.07, 6.45) is 13.1. The minimum atomic E-state index is -0.666. The lowest BCUT2D eigenvalue weighted by atomic mass is 9.94. The van der Waals surface area contributed by atoms with Gasteiger partial charge in [0, 0.05) is 25.6 Å². The van der Waals surface area contributed by atoms with Crippen molar-refractivity contribution in [2.75, 3.05) is 26.3 Å².